The second-order valence-electron chi connectivity index (χ2n) is 1.95. The number of hydrogen-bond donors (Lipinski definition) is 1. The van der Waals surface area contributed by atoms with E-state index in [-0.39, 0.29) is 0 Å². The molecule has 0 aromatic heterocycles. The SMILES string of the molecule is CNCCN1CC1. The first-order valence-corrected chi connectivity index (χ1v) is 2.80. The van der Waals surface area contributed by atoms with Gasteiger partial charge in [-0.3, -0.25) is 4.90 Å². The Balaban J connectivity index is 1.80. The Kier molecular flexibility index (Phi) is 1.65. The minimum atomic E-state index is 1.14. The van der Waals surface area contributed by atoms with Crippen LogP contribution in [0.2, 0.25) is 0 Å². The molecule has 0 aromatic carbocycles. The first kappa shape index (κ1) is 5.06. The maximum atomic E-state index is 3.10. The predicted molar refractivity (Wildman–Crippen MR) is 30.4 cm³/mol. The second-order valence-corrected chi connectivity index (χ2v) is 1.95. The van der Waals surface area contributed by atoms with Crippen molar-refractivity contribution in [3.05, 3.63) is 0 Å². The molecule has 2 nitrogen and oxygen atoms in total. The Morgan fingerprint density at radius 3 is 2.71 bits per heavy atom. The minimum Gasteiger partial charge on any atom is -0.318 e. The molecule has 1 rings (SSSR count). The smallest absolute Gasteiger partial charge is 0.0110 e. The van der Waals surface area contributed by atoms with Crippen LogP contribution in [0.4, 0.5) is 0 Å². The van der Waals surface area contributed by atoms with Gasteiger partial charge in [0.25, 0.3) is 0 Å². The molecule has 1 heterocycles. The lowest BCUT2D eigenvalue weighted by Gasteiger charge is -1.95. The van der Waals surface area contributed by atoms with Gasteiger partial charge in [0, 0.05) is 26.2 Å². The largest absolute Gasteiger partial charge is 0.318 e. The monoisotopic (exact) mass is 100 g/mol. The fourth-order valence-electron chi connectivity index (χ4n) is 0.564. The summed E-state index contributed by atoms with van der Waals surface area (Å²) in [5.41, 5.74) is 0. The van der Waals surface area contributed by atoms with Crippen molar-refractivity contribution in [3.8, 4) is 0 Å². The van der Waals surface area contributed by atoms with E-state index in [0.717, 1.165) is 6.54 Å². The van der Waals surface area contributed by atoms with Crippen LogP contribution >= 0.6 is 0 Å². The van der Waals surface area contributed by atoms with Gasteiger partial charge >= 0.3 is 0 Å². The molecule has 0 saturated carbocycles. The summed E-state index contributed by atoms with van der Waals surface area (Å²) in [6.07, 6.45) is 0. The van der Waals surface area contributed by atoms with E-state index in [1.807, 2.05) is 7.05 Å². The molecule has 0 aromatic rings. The first-order valence-electron chi connectivity index (χ1n) is 2.80. The molecule has 2 heteroatoms. The van der Waals surface area contributed by atoms with Crippen molar-refractivity contribution in [1.82, 2.24) is 10.2 Å². The zero-order chi connectivity index (χ0) is 5.11. The van der Waals surface area contributed by atoms with Crippen molar-refractivity contribution in [2.75, 3.05) is 33.2 Å². The molecule has 0 bridgehead atoms. The van der Waals surface area contributed by atoms with Gasteiger partial charge in [-0.05, 0) is 7.05 Å². The van der Waals surface area contributed by atoms with Crippen molar-refractivity contribution in [2.24, 2.45) is 0 Å². The average molecular weight is 100 g/mol. The molecule has 1 aliphatic rings. The van der Waals surface area contributed by atoms with Gasteiger partial charge in [0.1, 0.15) is 0 Å². The highest BCUT2D eigenvalue weighted by Gasteiger charge is 2.14. The van der Waals surface area contributed by atoms with Crippen LogP contribution in [0, 0.1) is 0 Å². The highest BCUT2D eigenvalue weighted by atomic mass is 15.3. The van der Waals surface area contributed by atoms with Gasteiger partial charge in [-0.2, -0.15) is 0 Å². The van der Waals surface area contributed by atoms with Gasteiger partial charge in [-0.15, -0.1) is 0 Å². The third-order valence-corrected chi connectivity index (χ3v) is 1.22. The molecule has 0 unspecified atom stereocenters. The van der Waals surface area contributed by atoms with E-state index in [9.17, 15) is 0 Å². The van der Waals surface area contributed by atoms with Gasteiger partial charge < -0.3 is 5.32 Å². The summed E-state index contributed by atoms with van der Waals surface area (Å²) >= 11 is 0. The Labute approximate surface area is 44.5 Å². The van der Waals surface area contributed by atoms with Crippen LogP contribution in [0.1, 0.15) is 0 Å². The zero-order valence-corrected chi connectivity index (χ0v) is 4.78. The van der Waals surface area contributed by atoms with Crippen LogP contribution in [-0.2, 0) is 0 Å². The number of hydrogen-bond acceptors (Lipinski definition) is 2. The highest BCUT2D eigenvalue weighted by Crippen LogP contribution is 1.99. The summed E-state index contributed by atoms with van der Waals surface area (Å²) in [6, 6.07) is 0. The molecule has 1 N–H and O–H groups in total. The Morgan fingerprint density at radius 2 is 2.29 bits per heavy atom. The van der Waals surface area contributed by atoms with Crippen LogP contribution in [0.5, 0.6) is 0 Å². The molecule has 0 aliphatic carbocycles. The van der Waals surface area contributed by atoms with Crippen molar-refractivity contribution < 1.29 is 0 Å². The summed E-state index contributed by atoms with van der Waals surface area (Å²) in [7, 11) is 1.99. The van der Waals surface area contributed by atoms with Crippen molar-refractivity contribution in [1.29, 1.82) is 0 Å². The Hall–Kier alpha value is -0.0800. The molecule has 0 amide bonds. The summed E-state index contributed by atoms with van der Waals surface area (Å²) < 4.78 is 0. The molecule has 1 aliphatic heterocycles. The number of nitrogens with one attached hydrogen (secondary N) is 1. The van der Waals surface area contributed by atoms with E-state index in [0.29, 0.717) is 0 Å². The molecular formula is C5H12N2. The summed E-state index contributed by atoms with van der Waals surface area (Å²) in [5, 5.41) is 3.10. The van der Waals surface area contributed by atoms with E-state index in [1.54, 1.807) is 0 Å². The third kappa shape index (κ3) is 1.90. The van der Waals surface area contributed by atoms with Crippen LogP contribution in [0.15, 0.2) is 0 Å². The quantitative estimate of drug-likeness (QED) is 0.482. The number of nitrogens with zero attached hydrogens (tertiary/aromatic N) is 1. The molecule has 42 valence electrons. The van der Waals surface area contributed by atoms with Crippen LogP contribution in [0.3, 0.4) is 0 Å². The van der Waals surface area contributed by atoms with Crippen molar-refractivity contribution in [3.63, 3.8) is 0 Å². The maximum Gasteiger partial charge on any atom is 0.0110 e. The van der Waals surface area contributed by atoms with Crippen molar-refractivity contribution in [2.45, 2.75) is 0 Å². The predicted octanol–water partition coefficient (Wildman–Crippen LogP) is -0.479. The van der Waals surface area contributed by atoms with Crippen LogP contribution < -0.4 is 5.32 Å². The van der Waals surface area contributed by atoms with Gasteiger partial charge in [0.2, 0.25) is 0 Å². The summed E-state index contributed by atoms with van der Waals surface area (Å²) in [4.78, 5) is 2.40. The Morgan fingerprint density at radius 1 is 1.57 bits per heavy atom. The molecule has 7 heavy (non-hydrogen) atoms. The van der Waals surface area contributed by atoms with E-state index >= 15 is 0 Å². The molecule has 0 spiro atoms. The van der Waals surface area contributed by atoms with Gasteiger partial charge in [0.05, 0.1) is 0 Å². The fourth-order valence-corrected chi connectivity index (χ4v) is 0.564. The zero-order valence-electron chi connectivity index (χ0n) is 4.78. The molecule has 1 fully saturated rings. The van der Waals surface area contributed by atoms with Gasteiger partial charge in [0.15, 0.2) is 0 Å². The van der Waals surface area contributed by atoms with E-state index in [1.165, 1.54) is 19.6 Å². The van der Waals surface area contributed by atoms with E-state index in [2.05, 4.69) is 10.2 Å². The number of rotatable bonds is 3. The molecule has 0 atom stereocenters. The van der Waals surface area contributed by atoms with Gasteiger partial charge in [-0.25, -0.2) is 0 Å². The lowest BCUT2D eigenvalue weighted by molar-refractivity contribution is 0.541. The van der Waals surface area contributed by atoms with Crippen LogP contribution in [-0.4, -0.2) is 38.1 Å². The minimum absolute atomic E-state index is 1.14. The normalized spacial score (nSPS) is 20.1. The summed E-state index contributed by atoms with van der Waals surface area (Å²) in [5.74, 6) is 0. The second kappa shape index (κ2) is 2.28. The topological polar surface area (TPSA) is 15.0 Å². The standard InChI is InChI=1S/C5H12N2/c1-6-2-3-7-4-5-7/h6H,2-5H2,1H3. The summed E-state index contributed by atoms with van der Waals surface area (Å²) in [6.45, 7) is 5.01. The first-order chi connectivity index (χ1) is 3.43. The maximum absolute atomic E-state index is 3.10. The number of likely N-dealkylation sites (N-methyl/N-ethyl adjacent to an activating group) is 1. The average Bonchev–Trinajstić information content (AvgIpc) is 2.42. The Bertz CT molecular complexity index is 50.0. The molecule has 0 radical (unpaired) electrons. The third-order valence-electron chi connectivity index (χ3n) is 1.22. The highest BCUT2D eigenvalue weighted by molar-refractivity contribution is 4.71. The van der Waals surface area contributed by atoms with Crippen molar-refractivity contribution >= 4 is 0 Å². The molecule has 1 saturated heterocycles. The fraction of sp³-hybridized carbons (Fsp3) is 1.00. The van der Waals surface area contributed by atoms with E-state index in [4.69, 9.17) is 0 Å². The van der Waals surface area contributed by atoms with Crippen LogP contribution in [0.25, 0.3) is 0 Å². The molecular weight excluding hydrogens is 88.1 g/mol. The van der Waals surface area contributed by atoms with Gasteiger partial charge in [-0.1, -0.05) is 0 Å². The van der Waals surface area contributed by atoms with E-state index < -0.39 is 0 Å². The lowest BCUT2D eigenvalue weighted by Crippen LogP contribution is -2.16. The lowest BCUT2D eigenvalue weighted by atomic mass is 10.6.